The molecule has 2 rings (SSSR count). The van der Waals surface area contributed by atoms with Gasteiger partial charge in [-0.2, -0.15) is 0 Å². The van der Waals surface area contributed by atoms with E-state index in [4.69, 9.17) is 28.9 Å². The van der Waals surface area contributed by atoms with Crippen LogP contribution in [0.5, 0.6) is 0 Å². The van der Waals surface area contributed by atoms with Crippen molar-refractivity contribution in [2.45, 2.75) is 50.5 Å². The fourth-order valence-corrected chi connectivity index (χ4v) is 4.32. The van der Waals surface area contributed by atoms with Gasteiger partial charge in [-0.3, -0.25) is 4.79 Å². The number of hydrogen-bond donors (Lipinski definition) is 2. The molecule has 0 atom stereocenters. The van der Waals surface area contributed by atoms with E-state index in [2.05, 4.69) is 5.32 Å². The lowest BCUT2D eigenvalue weighted by atomic mass is 9.97. The average molecular weight is 372 g/mol. The molecule has 1 fully saturated rings. The summed E-state index contributed by atoms with van der Waals surface area (Å²) in [5.74, 6) is 0.0924. The van der Waals surface area contributed by atoms with Gasteiger partial charge < -0.3 is 11.1 Å². The maximum absolute atomic E-state index is 12.0. The van der Waals surface area contributed by atoms with Crippen molar-refractivity contribution in [1.82, 2.24) is 5.32 Å². The highest BCUT2D eigenvalue weighted by Crippen LogP contribution is 2.32. The molecule has 1 aliphatic carbocycles. The van der Waals surface area contributed by atoms with Gasteiger partial charge >= 0.3 is 0 Å². The van der Waals surface area contributed by atoms with E-state index in [0.29, 0.717) is 17.3 Å². The molecular weight excluding hydrogens is 351 g/mol. The molecular formula is C14H21Cl3N2OS. The fraction of sp³-hybridized carbons (Fsp3) is 0.643. The van der Waals surface area contributed by atoms with Gasteiger partial charge in [0.05, 0.1) is 14.2 Å². The Balaban J connectivity index is 0.00000220. The van der Waals surface area contributed by atoms with E-state index in [1.807, 2.05) is 6.07 Å². The predicted octanol–water partition coefficient (Wildman–Crippen LogP) is 4.19. The molecule has 0 aromatic carbocycles. The number of nitrogens with one attached hydrogen (secondary N) is 1. The Morgan fingerprint density at radius 1 is 1.38 bits per heavy atom. The van der Waals surface area contributed by atoms with Gasteiger partial charge in [0.2, 0.25) is 5.91 Å². The summed E-state index contributed by atoms with van der Waals surface area (Å²) in [7, 11) is 0. The van der Waals surface area contributed by atoms with E-state index in [0.717, 1.165) is 48.4 Å². The van der Waals surface area contributed by atoms with Crippen LogP contribution in [0.2, 0.25) is 8.67 Å². The maximum atomic E-state index is 12.0. The van der Waals surface area contributed by atoms with Crippen molar-refractivity contribution < 1.29 is 4.79 Å². The number of amides is 1. The van der Waals surface area contributed by atoms with E-state index in [1.165, 1.54) is 11.3 Å². The highest BCUT2D eigenvalue weighted by Gasteiger charge is 2.33. The second-order valence-corrected chi connectivity index (χ2v) is 7.73. The van der Waals surface area contributed by atoms with Crippen LogP contribution in [0.1, 0.15) is 44.1 Å². The summed E-state index contributed by atoms with van der Waals surface area (Å²) in [4.78, 5) is 12.0. The minimum absolute atomic E-state index is 0. The Morgan fingerprint density at radius 3 is 2.57 bits per heavy atom. The van der Waals surface area contributed by atoms with Crippen molar-refractivity contribution in [2.24, 2.45) is 5.73 Å². The monoisotopic (exact) mass is 370 g/mol. The average Bonchev–Trinajstić information content (AvgIpc) is 2.98. The molecule has 1 aromatic heterocycles. The van der Waals surface area contributed by atoms with Crippen LogP contribution in [0.15, 0.2) is 6.07 Å². The van der Waals surface area contributed by atoms with Crippen LogP contribution < -0.4 is 11.1 Å². The number of carbonyl (C=O) groups excluding carboxylic acids is 1. The molecule has 21 heavy (non-hydrogen) atoms. The molecule has 0 saturated heterocycles. The Hall–Kier alpha value is -0.0000000000000000555. The van der Waals surface area contributed by atoms with Crippen molar-refractivity contribution in [3.63, 3.8) is 0 Å². The van der Waals surface area contributed by atoms with Crippen LogP contribution in [0.25, 0.3) is 0 Å². The number of nitrogens with two attached hydrogens (primary N) is 1. The van der Waals surface area contributed by atoms with Gasteiger partial charge in [0.15, 0.2) is 0 Å². The molecule has 1 aromatic rings. The lowest BCUT2D eigenvalue weighted by Crippen LogP contribution is -2.51. The maximum Gasteiger partial charge on any atom is 0.220 e. The number of halogens is 3. The number of aryl methyl sites for hydroxylation is 1. The molecule has 120 valence electrons. The van der Waals surface area contributed by atoms with Crippen LogP contribution in [0.3, 0.4) is 0 Å². The van der Waals surface area contributed by atoms with E-state index in [-0.39, 0.29) is 23.9 Å². The zero-order valence-corrected chi connectivity index (χ0v) is 14.9. The summed E-state index contributed by atoms with van der Waals surface area (Å²) in [6, 6.07) is 1.88. The first-order valence-electron chi connectivity index (χ1n) is 6.99. The lowest BCUT2D eigenvalue weighted by molar-refractivity contribution is -0.123. The van der Waals surface area contributed by atoms with Gasteiger partial charge in [0, 0.05) is 13.0 Å². The topological polar surface area (TPSA) is 55.1 Å². The second-order valence-electron chi connectivity index (χ2n) is 5.44. The first-order chi connectivity index (χ1) is 9.54. The van der Waals surface area contributed by atoms with E-state index in [9.17, 15) is 4.79 Å². The highest BCUT2D eigenvalue weighted by molar-refractivity contribution is 7.20. The summed E-state index contributed by atoms with van der Waals surface area (Å²) >= 11 is 13.3. The normalized spacial score (nSPS) is 16.5. The molecule has 0 spiro atoms. The van der Waals surface area contributed by atoms with Crippen molar-refractivity contribution >= 4 is 52.9 Å². The Morgan fingerprint density at radius 2 is 2.05 bits per heavy atom. The molecule has 0 bridgehead atoms. The third kappa shape index (κ3) is 5.29. The van der Waals surface area contributed by atoms with Crippen LogP contribution in [-0.2, 0) is 11.2 Å². The number of carbonyl (C=O) groups is 1. The van der Waals surface area contributed by atoms with Crippen LogP contribution in [-0.4, -0.2) is 18.0 Å². The minimum Gasteiger partial charge on any atom is -0.349 e. The second kappa shape index (κ2) is 8.59. The highest BCUT2D eigenvalue weighted by atomic mass is 35.5. The van der Waals surface area contributed by atoms with E-state index < -0.39 is 0 Å². The standard InChI is InChI=1S/C14H20Cl2N2OS.ClH/c15-11-8-10(13(16)20-11)4-3-5-12(19)18-14(9-17)6-1-2-7-14;/h8H,1-7,9,17H2,(H,18,19);1H. The molecule has 0 unspecified atom stereocenters. The summed E-state index contributed by atoms with van der Waals surface area (Å²) in [6.45, 7) is 0.532. The van der Waals surface area contributed by atoms with Gasteiger partial charge in [-0.15, -0.1) is 23.7 Å². The SMILES string of the molecule is Cl.NCC1(NC(=O)CCCc2cc(Cl)sc2Cl)CCCC1. The molecule has 3 N–H and O–H groups in total. The number of hydrogen-bond acceptors (Lipinski definition) is 3. The van der Waals surface area contributed by atoms with Gasteiger partial charge in [-0.1, -0.05) is 36.0 Å². The molecule has 7 heteroatoms. The Labute approximate surface area is 146 Å². The van der Waals surface area contributed by atoms with Crippen molar-refractivity contribution in [3.05, 3.63) is 20.3 Å². The molecule has 1 heterocycles. The first-order valence-corrected chi connectivity index (χ1v) is 8.57. The Kier molecular flexibility index (Phi) is 7.79. The summed E-state index contributed by atoms with van der Waals surface area (Å²) in [6.07, 6.45) is 6.37. The largest absolute Gasteiger partial charge is 0.349 e. The van der Waals surface area contributed by atoms with E-state index in [1.54, 1.807) is 0 Å². The van der Waals surface area contributed by atoms with Gasteiger partial charge in [-0.25, -0.2) is 0 Å². The molecule has 3 nitrogen and oxygen atoms in total. The summed E-state index contributed by atoms with van der Waals surface area (Å²) in [5, 5.41) is 3.13. The van der Waals surface area contributed by atoms with Gasteiger partial charge in [-0.05, 0) is 37.3 Å². The third-order valence-electron chi connectivity index (χ3n) is 3.93. The summed E-state index contributed by atoms with van der Waals surface area (Å²) in [5.41, 5.74) is 6.69. The van der Waals surface area contributed by atoms with Crippen molar-refractivity contribution in [1.29, 1.82) is 0 Å². The minimum atomic E-state index is -0.152. The third-order valence-corrected chi connectivity index (χ3v) is 5.50. The van der Waals surface area contributed by atoms with Crippen LogP contribution in [0, 0.1) is 0 Å². The van der Waals surface area contributed by atoms with Crippen molar-refractivity contribution in [2.75, 3.05) is 6.54 Å². The fourth-order valence-electron chi connectivity index (χ4n) is 2.77. The van der Waals surface area contributed by atoms with Crippen LogP contribution >= 0.6 is 46.9 Å². The zero-order valence-electron chi connectivity index (χ0n) is 11.8. The number of thiophene rings is 1. The molecule has 0 aliphatic heterocycles. The zero-order chi connectivity index (χ0) is 14.6. The molecule has 0 radical (unpaired) electrons. The number of rotatable bonds is 6. The van der Waals surface area contributed by atoms with Gasteiger partial charge in [0.25, 0.3) is 0 Å². The van der Waals surface area contributed by atoms with Crippen LogP contribution in [0.4, 0.5) is 0 Å². The summed E-state index contributed by atoms with van der Waals surface area (Å²) < 4.78 is 1.42. The quantitative estimate of drug-likeness (QED) is 0.788. The first kappa shape index (κ1) is 19.0. The van der Waals surface area contributed by atoms with Gasteiger partial charge in [0.1, 0.15) is 0 Å². The smallest absolute Gasteiger partial charge is 0.220 e. The predicted molar refractivity (Wildman–Crippen MR) is 92.9 cm³/mol. The molecule has 1 saturated carbocycles. The lowest BCUT2D eigenvalue weighted by Gasteiger charge is -2.28. The van der Waals surface area contributed by atoms with Crippen molar-refractivity contribution in [3.8, 4) is 0 Å². The van der Waals surface area contributed by atoms with E-state index >= 15 is 0 Å². The molecule has 1 amide bonds. The Bertz CT molecular complexity index is 473. The molecule has 1 aliphatic rings.